The topological polar surface area (TPSA) is 74.6 Å². The quantitative estimate of drug-likeness (QED) is 0.549. The van der Waals surface area contributed by atoms with E-state index in [-0.39, 0.29) is 12.8 Å². The van der Waals surface area contributed by atoms with E-state index in [1.165, 1.54) is 0 Å². The summed E-state index contributed by atoms with van der Waals surface area (Å²) in [7, 11) is -4.32. The van der Waals surface area contributed by atoms with E-state index in [0.717, 1.165) is 12.8 Å². The summed E-state index contributed by atoms with van der Waals surface area (Å²) in [5, 5.41) is 9.76. The summed E-state index contributed by atoms with van der Waals surface area (Å²) in [6, 6.07) is 0. The lowest BCUT2D eigenvalue weighted by Gasteiger charge is -2.22. The Kier molecular flexibility index (Phi) is 3.55. The van der Waals surface area contributed by atoms with Gasteiger partial charge < -0.3 is 5.11 Å². The molecule has 0 aliphatic heterocycles. The van der Waals surface area contributed by atoms with Crippen molar-refractivity contribution < 1.29 is 18.1 Å². The van der Waals surface area contributed by atoms with Crippen LogP contribution in [0, 0.1) is 5.92 Å². The maximum absolute atomic E-state index is 11.0. The standard InChI is InChI=1S/C9H18O4S/c1-2-8-4-3-6-9(10,7-5-8)14(11,12)13/h8,10H,2-7H2,1H3,(H,11,12,13). The van der Waals surface area contributed by atoms with E-state index in [1.807, 2.05) is 0 Å². The third-order valence-electron chi connectivity index (χ3n) is 3.18. The molecule has 0 spiro atoms. The van der Waals surface area contributed by atoms with Crippen LogP contribution in [-0.4, -0.2) is 23.0 Å². The van der Waals surface area contributed by atoms with Crippen molar-refractivity contribution in [2.45, 2.75) is 50.4 Å². The van der Waals surface area contributed by atoms with E-state index in [2.05, 4.69) is 6.92 Å². The smallest absolute Gasteiger partial charge is 0.294 e. The molecule has 14 heavy (non-hydrogen) atoms. The number of aliphatic hydroxyl groups is 1. The first-order valence-corrected chi connectivity index (χ1v) is 6.52. The van der Waals surface area contributed by atoms with Crippen molar-refractivity contribution in [1.82, 2.24) is 0 Å². The fourth-order valence-electron chi connectivity index (χ4n) is 2.03. The molecule has 2 N–H and O–H groups in total. The van der Waals surface area contributed by atoms with Gasteiger partial charge in [-0.05, 0) is 31.6 Å². The van der Waals surface area contributed by atoms with E-state index >= 15 is 0 Å². The summed E-state index contributed by atoms with van der Waals surface area (Å²) in [4.78, 5) is -1.89. The molecule has 0 heterocycles. The van der Waals surface area contributed by atoms with Gasteiger partial charge >= 0.3 is 0 Å². The van der Waals surface area contributed by atoms with Crippen molar-refractivity contribution in [3.05, 3.63) is 0 Å². The molecule has 84 valence electrons. The molecular formula is C9H18O4S. The Balaban J connectivity index is 2.75. The van der Waals surface area contributed by atoms with Crippen molar-refractivity contribution in [3.8, 4) is 0 Å². The molecule has 1 aliphatic rings. The maximum atomic E-state index is 11.0. The van der Waals surface area contributed by atoms with Gasteiger partial charge in [-0.2, -0.15) is 8.42 Å². The minimum atomic E-state index is -4.32. The van der Waals surface area contributed by atoms with Crippen molar-refractivity contribution >= 4 is 10.1 Å². The Morgan fingerprint density at radius 1 is 1.36 bits per heavy atom. The zero-order chi connectivity index (χ0) is 10.8. The van der Waals surface area contributed by atoms with Crippen LogP contribution in [0.1, 0.15) is 45.4 Å². The van der Waals surface area contributed by atoms with Crippen molar-refractivity contribution in [3.63, 3.8) is 0 Å². The third-order valence-corrected chi connectivity index (χ3v) is 4.55. The SMILES string of the molecule is CCC1CCCC(O)(S(=O)(=O)O)CC1. The van der Waals surface area contributed by atoms with Gasteiger partial charge in [-0.15, -0.1) is 0 Å². The fourth-order valence-corrected chi connectivity index (χ4v) is 2.81. The van der Waals surface area contributed by atoms with E-state index in [0.29, 0.717) is 18.8 Å². The Labute approximate surface area is 85.1 Å². The fraction of sp³-hybridized carbons (Fsp3) is 1.00. The van der Waals surface area contributed by atoms with Gasteiger partial charge in [0.25, 0.3) is 10.1 Å². The average molecular weight is 222 g/mol. The first-order chi connectivity index (χ1) is 6.39. The second-order valence-corrected chi connectivity index (χ2v) is 5.84. The van der Waals surface area contributed by atoms with Crippen LogP contribution in [0.4, 0.5) is 0 Å². The molecule has 1 fully saturated rings. The van der Waals surface area contributed by atoms with Gasteiger partial charge in [0.2, 0.25) is 0 Å². The van der Waals surface area contributed by atoms with Crippen molar-refractivity contribution in [2.75, 3.05) is 0 Å². The highest BCUT2D eigenvalue weighted by Crippen LogP contribution is 2.34. The normalized spacial score (nSPS) is 35.2. The maximum Gasteiger partial charge on any atom is 0.294 e. The highest BCUT2D eigenvalue weighted by molar-refractivity contribution is 7.87. The lowest BCUT2D eigenvalue weighted by Crippen LogP contribution is -2.37. The van der Waals surface area contributed by atoms with Crippen LogP contribution in [0.15, 0.2) is 0 Å². The van der Waals surface area contributed by atoms with Crippen LogP contribution >= 0.6 is 0 Å². The Bertz CT molecular complexity index is 285. The van der Waals surface area contributed by atoms with Gasteiger partial charge in [0.05, 0.1) is 0 Å². The summed E-state index contributed by atoms with van der Waals surface area (Å²) in [6.07, 6.45) is 3.59. The van der Waals surface area contributed by atoms with Crippen LogP contribution in [0.25, 0.3) is 0 Å². The summed E-state index contributed by atoms with van der Waals surface area (Å²) in [6.45, 7) is 2.06. The van der Waals surface area contributed by atoms with Crippen LogP contribution in [0.5, 0.6) is 0 Å². The second kappa shape index (κ2) is 4.16. The largest absolute Gasteiger partial charge is 0.372 e. The molecule has 1 saturated carbocycles. The molecule has 1 aliphatic carbocycles. The predicted molar refractivity (Wildman–Crippen MR) is 53.4 cm³/mol. The minimum absolute atomic E-state index is 0.155. The molecule has 1 rings (SSSR count). The highest BCUT2D eigenvalue weighted by Gasteiger charge is 2.41. The lowest BCUT2D eigenvalue weighted by atomic mass is 9.98. The van der Waals surface area contributed by atoms with Crippen molar-refractivity contribution in [2.24, 2.45) is 5.92 Å². The molecule has 5 heteroatoms. The molecule has 0 aromatic rings. The summed E-state index contributed by atoms with van der Waals surface area (Å²) >= 11 is 0. The predicted octanol–water partition coefficient (Wildman–Crippen LogP) is 1.55. The lowest BCUT2D eigenvalue weighted by molar-refractivity contribution is 0.0956. The van der Waals surface area contributed by atoms with Gasteiger partial charge in [-0.1, -0.05) is 19.8 Å². The molecule has 0 amide bonds. The Morgan fingerprint density at radius 2 is 2.00 bits per heavy atom. The van der Waals surface area contributed by atoms with Gasteiger partial charge in [0, 0.05) is 0 Å². The van der Waals surface area contributed by atoms with E-state index < -0.39 is 15.1 Å². The van der Waals surface area contributed by atoms with Gasteiger partial charge in [-0.25, -0.2) is 0 Å². The summed E-state index contributed by atoms with van der Waals surface area (Å²) in [5.74, 6) is 0.478. The highest BCUT2D eigenvalue weighted by atomic mass is 32.2. The number of hydrogen-bond donors (Lipinski definition) is 2. The second-order valence-electron chi connectivity index (χ2n) is 4.13. The molecule has 0 aromatic carbocycles. The minimum Gasteiger partial charge on any atom is -0.372 e. The average Bonchev–Trinajstić information content (AvgIpc) is 2.27. The Morgan fingerprint density at radius 3 is 2.50 bits per heavy atom. The Hall–Kier alpha value is -0.130. The van der Waals surface area contributed by atoms with Crippen LogP contribution in [0.3, 0.4) is 0 Å². The van der Waals surface area contributed by atoms with Crippen LogP contribution < -0.4 is 0 Å². The van der Waals surface area contributed by atoms with Crippen LogP contribution in [-0.2, 0) is 10.1 Å². The van der Waals surface area contributed by atoms with Gasteiger partial charge in [0.15, 0.2) is 4.93 Å². The van der Waals surface area contributed by atoms with E-state index in [1.54, 1.807) is 0 Å². The zero-order valence-corrected chi connectivity index (χ0v) is 9.26. The van der Waals surface area contributed by atoms with E-state index in [9.17, 15) is 13.5 Å². The number of rotatable bonds is 2. The van der Waals surface area contributed by atoms with Gasteiger partial charge in [-0.3, -0.25) is 4.55 Å². The zero-order valence-electron chi connectivity index (χ0n) is 8.44. The molecule has 0 aromatic heterocycles. The monoisotopic (exact) mass is 222 g/mol. The van der Waals surface area contributed by atoms with E-state index in [4.69, 9.17) is 4.55 Å². The molecule has 2 unspecified atom stereocenters. The molecule has 0 bridgehead atoms. The van der Waals surface area contributed by atoms with Crippen molar-refractivity contribution in [1.29, 1.82) is 0 Å². The first kappa shape index (κ1) is 11.9. The van der Waals surface area contributed by atoms with Gasteiger partial charge in [0.1, 0.15) is 0 Å². The summed E-state index contributed by atoms with van der Waals surface area (Å²) in [5.41, 5.74) is 0. The molecule has 4 nitrogen and oxygen atoms in total. The molecule has 2 atom stereocenters. The summed E-state index contributed by atoms with van der Waals surface area (Å²) < 4.78 is 30.8. The molecular weight excluding hydrogens is 204 g/mol. The number of hydrogen-bond acceptors (Lipinski definition) is 3. The first-order valence-electron chi connectivity index (χ1n) is 5.08. The molecule has 0 radical (unpaired) electrons. The molecule has 0 saturated heterocycles. The third kappa shape index (κ3) is 2.46. The van der Waals surface area contributed by atoms with Crippen LogP contribution in [0.2, 0.25) is 0 Å².